The van der Waals surface area contributed by atoms with Crippen LogP contribution >= 0.6 is 0 Å². The minimum absolute atomic E-state index is 0.0491. The first-order valence-electron chi connectivity index (χ1n) is 6.82. The first-order chi connectivity index (χ1) is 9.70. The number of benzene rings is 1. The number of aromatic nitrogens is 1. The number of ether oxygens (including phenoxy) is 2. The molecular weight excluding hydrogens is 252 g/mol. The van der Waals surface area contributed by atoms with Crippen molar-refractivity contribution in [3.8, 4) is 17.4 Å². The van der Waals surface area contributed by atoms with Crippen molar-refractivity contribution in [2.45, 2.75) is 26.3 Å². The van der Waals surface area contributed by atoms with Crippen LogP contribution in [0.15, 0.2) is 42.6 Å². The minimum atomic E-state index is -0.0491. The van der Waals surface area contributed by atoms with Crippen LogP contribution in [0.3, 0.4) is 0 Å². The molecule has 1 unspecified atom stereocenters. The second-order valence-corrected chi connectivity index (χ2v) is 4.61. The predicted molar refractivity (Wildman–Crippen MR) is 79.1 cm³/mol. The number of para-hydroxylation sites is 2. The standard InChI is InChI=1S/C16H20N2O2/c1-3-10-19-14-6-4-5-7-15(14)20-16-11-13(12(2)17)8-9-18-16/h4-9,11-12H,3,10,17H2,1-2H3. The van der Waals surface area contributed by atoms with E-state index >= 15 is 0 Å². The van der Waals surface area contributed by atoms with Gasteiger partial charge < -0.3 is 15.2 Å². The monoisotopic (exact) mass is 272 g/mol. The van der Waals surface area contributed by atoms with Crippen molar-refractivity contribution in [3.63, 3.8) is 0 Å². The summed E-state index contributed by atoms with van der Waals surface area (Å²) >= 11 is 0. The maximum Gasteiger partial charge on any atom is 0.219 e. The van der Waals surface area contributed by atoms with Gasteiger partial charge in [0.1, 0.15) is 0 Å². The Hall–Kier alpha value is -2.07. The zero-order valence-electron chi connectivity index (χ0n) is 11.9. The molecule has 1 aromatic carbocycles. The van der Waals surface area contributed by atoms with Crippen LogP contribution in [0.4, 0.5) is 0 Å². The van der Waals surface area contributed by atoms with Gasteiger partial charge in [-0.15, -0.1) is 0 Å². The number of nitrogens with zero attached hydrogens (tertiary/aromatic N) is 1. The maximum absolute atomic E-state index is 5.86. The summed E-state index contributed by atoms with van der Waals surface area (Å²) < 4.78 is 11.5. The Morgan fingerprint density at radius 2 is 1.95 bits per heavy atom. The molecule has 0 radical (unpaired) electrons. The highest BCUT2D eigenvalue weighted by Crippen LogP contribution is 2.31. The number of pyridine rings is 1. The van der Waals surface area contributed by atoms with Crippen LogP contribution in [-0.4, -0.2) is 11.6 Å². The third-order valence-corrected chi connectivity index (χ3v) is 2.81. The van der Waals surface area contributed by atoms with E-state index in [9.17, 15) is 0 Å². The first-order valence-corrected chi connectivity index (χ1v) is 6.82. The number of rotatable bonds is 6. The summed E-state index contributed by atoms with van der Waals surface area (Å²) in [6, 6.07) is 11.3. The molecule has 1 aromatic heterocycles. The fourth-order valence-corrected chi connectivity index (χ4v) is 1.74. The maximum atomic E-state index is 5.86. The molecule has 106 valence electrons. The van der Waals surface area contributed by atoms with Gasteiger partial charge in [-0.05, 0) is 37.1 Å². The molecular formula is C16H20N2O2. The first kappa shape index (κ1) is 14.3. The Morgan fingerprint density at radius 3 is 2.65 bits per heavy atom. The van der Waals surface area contributed by atoms with E-state index in [0.717, 1.165) is 17.7 Å². The fourth-order valence-electron chi connectivity index (χ4n) is 1.74. The van der Waals surface area contributed by atoms with E-state index in [4.69, 9.17) is 15.2 Å². The van der Waals surface area contributed by atoms with Crippen LogP contribution in [0.5, 0.6) is 17.4 Å². The highest BCUT2D eigenvalue weighted by atomic mass is 16.5. The summed E-state index contributed by atoms with van der Waals surface area (Å²) in [5.74, 6) is 1.91. The van der Waals surface area contributed by atoms with Crippen molar-refractivity contribution in [3.05, 3.63) is 48.2 Å². The van der Waals surface area contributed by atoms with E-state index in [2.05, 4.69) is 11.9 Å². The van der Waals surface area contributed by atoms with Gasteiger partial charge in [0.15, 0.2) is 11.5 Å². The Morgan fingerprint density at radius 1 is 1.20 bits per heavy atom. The molecule has 20 heavy (non-hydrogen) atoms. The van der Waals surface area contributed by atoms with Gasteiger partial charge in [-0.3, -0.25) is 0 Å². The molecule has 0 saturated heterocycles. The molecule has 2 aromatic rings. The van der Waals surface area contributed by atoms with Crippen molar-refractivity contribution in [1.82, 2.24) is 4.98 Å². The smallest absolute Gasteiger partial charge is 0.219 e. The molecule has 0 aliphatic rings. The molecule has 1 atom stereocenters. The molecule has 4 heteroatoms. The molecule has 0 fully saturated rings. The normalized spacial score (nSPS) is 11.9. The summed E-state index contributed by atoms with van der Waals surface area (Å²) in [5.41, 5.74) is 6.85. The summed E-state index contributed by atoms with van der Waals surface area (Å²) in [6.07, 6.45) is 2.65. The second kappa shape index (κ2) is 6.91. The van der Waals surface area contributed by atoms with E-state index in [1.54, 1.807) is 6.20 Å². The molecule has 4 nitrogen and oxygen atoms in total. The summed E-state index contributed by atoms with van der Waals surface area (Å²) in [5, 5.41) is 0. The summed E-state index contributed by atoms with van der Waals surface area (Å²) in [4.78, 5) is 4.21. The van der Waals surface area contributed by atoms with E-state index in [1.807, 2.05) is 43.3 Å². The number of hydrogen-bond donors (Lipinski definition) is 1. The lowest BCUT2D eigenvalue weighted by Gasteiger charge is -2.12. The average Bonchev–Trinajstić information content (AvgIpc) is 2.46. The second-order valence-electron chi connectivity index (χ2n) is 4.61. The lowest BCUT2D eigenvalue weighted by atomic mass is 10.1. The van der Waals surface area contributed by atoms with E-state index in [0.29, 0.717) is 18.2 Å². The largest absolute Gasteiger partial charge is 0.490 e. The fraction of sp³-hybridized carbons (Fsp3) is 0.312. The number of hydrogen-bond acceptors (Lipinski definition) is 4. The third-order valence-electron chi connectivity index (χ3n) is 2.81. The lowest BCUT2D eigenvalue weighted by molar-refractivity contribution is 0.300. The lowest BCUT2D eigenvalue weighted by Crippen LogP contribution is -2.05. The van der Waals surface area contributed by atoms with E-state index < -0.39 is 0 Å². The molecule has 0 bridgehead atoms. The van der Waals surface area contributed by atoms with Gasteiger partial charge in [0.25, 0.3) is 0 Å². The van der Waals surface area contributed by atoms with Gasteiger partial charge >= 0.3 is 0 Å². The van der Waals surface area contributed by atoms with E-state index in [-0.39, 0.29) is 6.04 Å². The van der Waals surface area contributed by atoms with Crippen LogP contribution in [0.25, 0.3) is 0 Å². The van der Waals surface area contributed by atoms with Gasteiger partial charge in [-0.25, -0.2) is 4.98 Å². The third kappa shape index (κ3) is 3.71. The van der Waals surface area contributed by atoms with Crippen molar-refractivity contribution >= 4 is 0 Å². The van der Waals surface area contributed by atoms with Gasteiger partial charge in [-0.2, -0.15) is 0 Å². The van der Waals surface area contributed by atoms with Crippen LogP contribution in [-0.2, 0) is 0 Å². The van der Waals surface area contributed by atoms with Crippen molar-refractivity contribution in [2.24, 2.45) is 5.73 Å². The Bertz CT molecular complexity index is 556. The van der Waals surface area contributed by atoms with Crippen LogP contribution in [0, 0.1) is 0 Å². The Kier molecular flexibility index (Phi) is 4.96. The van der Waals surface area contributed by atoms with Gasteiger partial charge in [0.2, 0.25) is 5.88 Å². The van der Waals surface area contributed by atoms with Gasteiger partial charge in [-0.1, -0.05) is 19.1 Å². The molecule has 0 saturated carbocycles. The highest BCUT2D eigenvalue weighted by molar-refractivity contribution is 5.42. The van der Waals surface area contributed by atoms with Crippen molar-refractivity contribution < 1.29 is 9.47 Å². The highest BCUT2D eigenvalue weighted by Gasteiger charge is 2.08. The van der Waals surface area contributed by atoms with E-state index in [1.165, 1.54) is 0 Å². The molecule has 2 rings (SSSR count). The molecule has 0 spiro atoms. The Balaban J connectivity index is 2.19. The summed E-state index contributed by atoms with van der Waals surface area (Å²) in [6.45, 7) is 4.65. The SMILES string of the molecule is CCCOc1ccccc1Oc1cc(C(C)N)ccn1. The molecule has 2 N–H and O–H groups in total. The average molecular weight is 272 g/mol. The molecule has 0 aliphatic heterocycles. The topological polar surface area (TPSA) is 57.4 Å². The van der Waals surface area contributed by atoms with Crippen LogP contribution in [0.2, 0.25) is 0 Å². The zero-order valence-corrected chi connectivity index (χ0v) is 11.9. The van der Waals surface area contributed by atoms with Crippen molar-refractivity contribution in [1.29, 1.82) is 0 Å². The summed E-state index contributed by atoms with van der Waals surface area (Å²) in [7, 11) is 0. The van der Waals surface area contributed by atoms with Crippen LogP contribution < -0.4 is 15.2 Å². The van der Waals surface area contributed by atoms with Crippen LogP contribution in [0.1, 0.15) is 31.9 Å². The quantitative estimate of drug-likeness (QED) is 0.871. The van der Waals surface area contributed by atoms with Crippen molar-refractivity contribution in [2.75, 3.05) is 6.61 Å². The van der Waals surface area contributed by atoms with Gasteiger partial charge in [0.05, 0.1) is 6.61 Å². The predicted octanol–water partition coefficient (Wildman–Crippen LogP) is 3.68. The minimum Gasteiger partial charge on any atom is -0.490 e. The zero-order chi connectivity index (χ0) is 14.4. The molecule has 0 amide bonds. The molecule has 0 aliphatic carbocycles. The Labute approximate surface area is 119 Å². The molecule has 1 heterocycles. The number of nitrogens with two attached hydrogens (primary N) is 1. The van der Waals surface area contributed by atoms with Gasteiger partial charge in [0, 0.05) is 18.3 Å².